The lowest BCUT2D eigenvalue weighted by molar-refractivity contribution is 0.0915. The third-order valence-corrected chi connectivity index (χ3v) is 7.95. The first-order valence-corrected chi connectivity index (χ1v) is 13.3. The maximum absolute atomic E-state index is 13.1. The van der Waals surface area contributed by atoms with E-state index in [2.05, 4.69) is 37.7 Å². The first-order chi connectivity index (χ1) is 17.7. The number of halogens is 1. The molecule has 0 aliphatic carbocycles. The molecule has 1 saturated heterocycles. The van der Waals surface area contributed by atoms with Gasteiger partial charge in [0.25, 0.3) is 11.8 Å². The second kappa shape index (κ2) is 10.2. The number of nitrogens with zero attached hydrogens (tertiary/aromatic N) is 3. The Bertz CT molecular complexity index is 1440. The summed E-state index contributed by atoms with van der Waals surface area (Å²) in [6.45, 7) is 7.85. The van der Waals surface area contributed by atoms with Crippen molar-refractivity contribution in [3.8, 4) is 0 Å². The Morgan fingerprint density at radius 3 is 2.46 bits per heavy atom. The van der Waals surface area contributed by atoms with Crippen molar-refractivity contribution in [1.29, 1.82) is 0 Å². The van der Waals surface area contributed by atoms with E-state index in [0.717, 1.165) is 37.4 Å². The fraction of sp³-hybridized carbons (Fsp3) is 0.296. The van der Waals surface area contributed by atoms with Gasteiger partial charge in [0.1, 0.15) is 10.6 Å². The number of piperazine rings is 1. The van der Waals surface area contributed by atoms with E-state index in [4.69, 9.17) is 11.6 Å². The third-order valence-electron chi connectivity index (χ3n) is 6.68. The molecule has 0 spiro atoms. The fourth-order valence-electron chi connectivity index (χ4n) is 4.39. The van der Waals surface area contributed by atoms with E-state index in [0.29, 0.717) is 31.5 Å². The number of aromatic amines is 1. The zero-order valence-electron chi connectivity index (χ0n) is 21.0. The predicted octanol–water partition coefficient (Wildman–Crippen LogP) is 4.95. The van der Waals surface area contributed by atoms with Crippen LogP contribution in [-0.2, 0) is 5.54 Å². The zero-order chi connectivity index (χ0) is 26.2. The molecule has 0 atom stereocenters. The highest BCUT2D eigenvalue weighted by molar-refractivity contribution is 7.20. The van der Waals surface area contributed by atoms with Crippen LogP contribution in [0.3, 0.4) is 0 Å². The van der Waals surface area contributed by atoms with E-state index in [9.17, 15) is 9.59 Å². The molecule has 8 nitrogen and oxygen atoms in total. The monoisotopic (exact) mass is 536 g/mol. The number of carbonyl (C=O) groups excluding carboxylic acids is 2. The maximum atomic E-state index is 13.1. The molecule has 4 aromatic rings. The average molecular weight is 537 g/mol. The van der Waals surface area contributed by atoms with Gasteiger partial charge in [-0.1, -0.05) is 23.7 Å². The number of anilines is 2. The number of rotatable bonds is 6. The summed E-state index contributed by atoms with van der Waals surface area (Å²) in [4.78, 5) is 31.8. The Balaban J connectivity index is 1.27. The zero-order valence-corrected chi connectivity index (χ0v) is 22.5. The van der Waals surface area contributed by atoms with Crippen LogP contribution in [0.5, 0.6) is 0 Å². The van der Waals surface area contributed by atoms with Crippen LogP contribution >= 0.6 is 22.9 Å². The number of likely N-dealkylation sites (N-methyl/N-ethyl adjacent to an activating group) is 1. The molecule has 37 heavy (non-hydrogen) atoms. The third kappa shape index (κ3) is 5.49. The van der Waals surface area contributed by atoms with Gasteiger partial charge in [0.05, 0.1) is 15.8 Å². The van der Waals surface area contributed by atoms with Crippen LogP contribution < -0.4 is 15.5 Å². The number of benzene rings is 2. The summed E-state index contributed by atoms with van der Waals surface area (Å²) >= 11 is 7.40. The lowest BCUT2D eigenvalue weighted by Crippen LogP contribution is -2.44. The molecule has 0 unspecified atom stereocenters. The molecular formula is C27H29ClN6O2S. The maximum Gasteiger partial charge on any atom is 0.262 e. The average Bonchev–Trinajstić information content (AvgIpc) is 3.46. The van der Waals surface area contributed by atoms with Gasteiger partial charge in [-0.25, -0.2) is 0 Å². The lowest BCUT2D eigenvalue weighted by atomic mass is 9.94. The topological polar surface area (TPSA) is 93.4 Å². The van der Waals surface area contributed by atoms with E-state index < -0.39 is 5.54 Å². The van der Waals surface area contributed by atoms with Gasteiger partial charge in [0.2, 0.25) is 0 Å². The van der Waals surface area contributed by atoms with Crippen LogP contribution in [0.25, 0.3) is 10.2 Å². The standard InChI is InChI=1S/C27H29ClN6O2S/c1-27(2,18-5-4-6-19(28)15-18)30-25(36)22-16-21-23(31-32-26(21)37-22)29-24(35)17-7-9-20(10-8-17)34-13-11-33(3)12-14-34/h4-10,15-16H,11-14H2,1-3H3,(H,30,36)(H2,29,31,32,35). The summed E-state index contributed by atoms with van der Waals surface area (Å²) in [5.74, 6) is 0.00654. The van der Waals surface area contributed by atoms with E-state index >= 15 is 0 Å². The summed E-state index contributed by atoms with van der Waals surface area (Å²) < 4.78 is 0. The van der Waals surface area contributed by atoms with Crippen LogP contribution in [0, 0.1) is 0 Å². The molecule has 3 N–H and O–H groups in total. The van der Waals surface area contributed by atoms with Gasteiger partial charge in [-0.3, -0.25) is 14.7 Å². The molecule has 192 valence electrons. The summed E-state index contributed by atoms with van der Waals surface area (Å²) in [5.41, 5.74) is 1.95. The number of H-pyrrole nitrogens is 1. The minimum Gasteiger partial charge on any atom is -0.369 e. The predicted molar refractivity (Wildman–Crippen MR) is 150 cm³/mol. The van der Waals surface area contributed by atoms with Gasteiger partial charge < -0.3 is 20.4 Å². The van der Waals surface area contributed by atoms with Crippen molar-refractivity contribution < 1.29 is 9.59 Å². The SMILES string of the molecule is CN1CCN(c2ccc(C(=O)Nc3[nH]nc4sc(C(=O)NC(C)(C)c5cccc(Cl)c5)cc34)cc2)CC1. The molecule has 2 aromatic heterocycles. The molecule has 1 fully saturated rings. The summed E-state index contributed by atoms with van der Waals surface area (Å²) in [6.07, 6.45) is 0. The lowest BCUT2D eigenvalue weighted by Gasteiger charge is -2.34. The number of carbonyl (C=O) groups is 2. The number of fused-ring (bicyclic) bond motifs is 1. The molecule has 0 radical (unpaired) electrons. The number of thiophene rings is 1. The largest absolute Gasteiger partial charge is 0.369 e. The number of amides is 2. The van der Waals surface area contributed by atoms with E-state index in [1.807, 2.05) is 56.3 Å². The van der Waals surface area contributed by atoms with Crippen LogP contribution in [0.15, 0.2) is 54.6 Å². The quantitative estimate of drug-likeness (QED) is 0.324. The van der Waals surface area contributed by atoms with Crippen molar-refractivity contribution in [3.63, 3.8) is 0 Å². The van der Waals surface area contributed by atoms with Crippen molar-refractivity contribution in [2.45, 2.75) is 19.4 Å². The number of hydrogen-bond acceptors (Lipinski definition) is 6. The molecule has 2 aromatic carbocycles. The van der Waals surface area contributed by atoms with Crippen molar-refractivity contribution in [1.82, 2.24) is 20.4 Å². The van der Waals surface area contributed by atoms with Crippen molar-refractivity contribution in [3.05, 3.63) is 75.6 Å². The van der Waals surface area contributed by atoms with Crippen LogP contribution in [0.1, 0.15) is 39.4 Å². The Morgan fingerprint density at radius 1 is 1.03 bits per heavy atom. The van der Waals surface area contributed by atoms with Crippen molar-refractivity contribution >= 4 is 56.5 Å². The number of nitrogens with one attached hydrogen (secondary N) is 3. The molecule has 3 heterocycles. The minimum atomic E-state index is -0.622. The highest BCUT2D eigenvalue weighted by Crippen LogP contribution is 2.31. The van der Waals surface area contributed by atoms with Crippen LogP contribution in [-0.4, -0.2) is 60.1 Å². The van der Waals surface area contributed by atoms with Crippen molar-refractivity contribution in [2.24, 2.45) is 0 Å². The second-order valence-corrected chi connectivity index (χ2v) is 11.3. The Kier molecular flexibility index (Phi) is 6.94. The van der Waals surface area contributed by atoms with E-state index in [-0.39, 0.29) is 11.8 Å². The van der Waals surface area contributed by atoms with Crippen LogP contribution in [0.4, 0.5) is 11.5 Å². The molecule has 10 heteroatoms. The van der Waals surface area contributed by atoms with Crippen molar-refractivity contribution in [2.75, 3.05) is 43.4 Å². The highest BCUT2D eigenvalue weighted by Gasteiger charge is 2.26. The van der Waals surface area contributed by atoms with Gasteiger partial charge in [-0.05, 0) is 68.9 Å². The molecule has 1 aliphatic heterocycles. The van der Waals surface area contributed by atoms with E-state index in [1.54, 1.807) is 12.1 Å². The number of hydrogen-bond donors (Lipinski definition) is 3. The minimum absolute atomic E-state index is 0.218. The fourth-order valence-corrected chi connectivity index (χ4v) is 5.47. The molecular weight excluding hydrogens is 508 g/mol. The molecule has 2 amide bonds. The Hall–Kier alpha value is -3.40. The number of aromatic nitrogens is 2. The summed E-state index contributed by atoms with van der Waals surface area (Å²) in [7, 11) is 2.13. The summed E-state index contributed by atoms with van der Waals surface area (Å²) in [6, 6.07) is 16.8. The Labute approximate surface area is 224 Å². The van der Waals surface area contributed by atoms with E-state index in [1.165, 1.54) is 11.3 Å². The smallest absolute Gasteiger partial charge is 0.262 e. The second-order valence-electron chi connectivity index (χ2n) is 9.81. The summed E-state index contributed by atoms with van der Waals surface area (Å²) in [5, 5.41) is 14.4. The van der Waals surface area contributed by atoms with Crippen LogP contribution in [0.2, 0.25) is 5.02 Å². The molecule has 0 bridgehead atoms. The van der Waals surface area contributed by atoms with Gasteiger partial charge in [0, 0.05) is 42.5 Å². The van der Waals surface area contributed by atoms with Gasteiger partial charge in [-0.2, -0.15) is 5.10 Å². The molecule has 0 saturated carbocycles. The van der Waals surface area contributed by atoms with Gasteiger partial charge >= 0.3 is 0 Å². The molecule has 5 rings (SSSR count). The first-order valence-electron chi connectivity index (χ1n) is 12.1. The first kappa shape index (κ1) is 25.3. The Morgan fingerprint density at radius 2 is 1.76 bits per heavy atom. The van der Waals surface area contributed by atoms with Gasteiger partial charge in [0.15, 0.2) is 0 Å². The van der Waals surface area contributed by atoms with Gasteiger partial charge in [-0.15, -0.1) is 11.3 Å². The highest BCUT2D eigenvalue weighted by atomic mass is 35.5. The molecule has 1 aliphatic rings. The normalized spacial score (nSPS) is 14.6.